The van der Waals surface area contributed by atoms with E-state index in [2.05, 4.69) is 5.32 Å². The molecule has 0 spiro atoms. The van der Waals surface area contributed by atoms with E-state index >= 15 is 0 Å². The maximum Gasteiger partial charge on any atom is 0.326 e. The quantitative estimate of drug-likeness (QED) is 0.566. The Balaban J connectivity index is 2.54. The molecule has 1 aliphatic heterocycles. The predicted octanol–water partition coefficient (Wildman–Crippen LogP) is -0.231. The summed E-state index contributed by atoms with van der Waals surface area (Å²) in [5.41, 5.74) is -0.772. The van der Waals surface area contributed by atoms with Gasteiger partial charge in [-0.3, -0.25) is 0 Å². The Morgan fingerprint density at radius 1 is 1.37 bits per heavy atom. The van der Waals surface area contributed by atoms with E-state index in [1.165, 1.54) is 4.90 Å². The number of aliphatic carboxylic acids is 1. The zero-order chi connectivity index (χ0) is 14.5. The second-order valence-corrected chi connectivity index (χ2v) is 5.19. The molecule has 7 nitrogen and oxygen atoms in total. The van der Waals surface area contributed by atoms with Crippen LogP contribution in [0.2, 0.25) is 0 Å². The van der Waals surface area contributed by atoms with Crippen molar-refractivity contribution >= 4 is 12.0 Å². The minimum atomic E-state index is -1.16. The number of nitrogens with zero attached hydrogens (tertiary/aromatic N) is 1. The zero-order valence-electron chi connectivity index (χ0n) is 11.1. The van der Waals surface area contributed by atoms with Crippen LogP contribution in [0.15, 0.2) is 0 Å². The average Bonchev–Trinajstić information content (AvgIpc) is 2.49. The number of urea groups is 1. The molecule has 0 radical (unpaired) electrons. The van der Waals surface area contributed by atoms with Crippen molar-refractivity contribution in [1.29, 1.82) is 0 Å². The van der Waals surface area contributed by atoms with Gasteiger partial charge in [0.15, 0.2) is 0 Å². The first kappa shape index (κ1) is 15.7. The van der Waals surface area contributed by atoms with E-state index in [1.54, 1.807) is 6.92 Å². The molecule has 110 valence electrons. The number of carboxylic acids is 1. The number of hydrogen-bond acceptors (Lipinski definition) is 4. The van der Waals surface area contributed by atoms with Gasteiger partial charge in [-0.2, -0.15) is 0 Å². The van der Waals surface area contributed by atoms with Gasteiger partial charge in [0.25, 0.3) is 0 Å². The summed E-state index contributed by atoms with van der Waals surface area (Å²) < 4.78 is 0. The minimum Gasteiger partial charge on any atom is -0.480 e. The summed E-state index contributed by atoms with van der Waals surface area (Å²) >= 11 is 0. The van der Waals surface area contributed by atoms with Crippen LogP contribution in [0.4, 0.5) is 4.79 Å². The molecule has 0 saturated carbocycles. The minimum absolute atomic E-state index is 0.0212. The first-order valence-corrected chi connectivity index (χ1v) is 6.47. The van der Waals surface area contributed by atoms with Crippen molar-refractivity contribution in [3.05, 3.63) is 0 Å². The number of carbonyl (C=O) groups is 2. The highest BCUT2D eigenvalue weighted by atomic mass is 16.4. The Morgan fingerprint density at radius 3 is 2.63 bits per heavy atom. The molecule has 1 fully saturated rings. The third-order valence-electron chi connectivity index (χ3n) is 3.36. The molecule has 1 aliphatic rings. The Labute approximate surface area is 112 Å². The van der Waals surface area contributed by atoms with Crippen molar-refractivity contribution in [2.24, 2.45) is 0 Å². The van der Waals surface area contributed by atoms with Gasteiger partial charge in [0.05, 0.1) is 5.60 Å². The van der Waals surface area contributed by atoms with Gasteiger partial charge < -0.3 is 25.5 Å². The summed E-state index contributed by atoms with van der Waals surface area (Å²) in [5, 5.41) is 30.0. The number of rotatable bonds is 4. The third-order valence-corrected chi connectivity index (χ3v) is 3.36. The van der Waals surface area contributed by atoms with Crippen molar-refractivity contribution in [1.82, 2.24) is 10.2 Å². The largest absolute Gasteiger partial charge is 0.480 e. The van der Waals surface area contributed by atoms with E-state index in [-0.39, 0.29) is 13.0 Å². The van der Waals surface area contributed by atoms with Crippen LogP contribution >= 0.6 is 0 Å². The standard InChI is InChI=1S/C12H22N2O5/c1-12(19)4-2-6-14(7-5-12)11(18)13-9(3-8-15)10(16)17/h9,15,19H,2-8H2,1H3,(H,13,18)(H,16,17). The number of amides is 2. The Kier molecular flexibility index (Phi) is 5.56. The van der Waals surface area contributed by atoms with Crippen LogP contribution in [-0.4, -0.2) is 63.6 Å². The van der Waals surface area contributed by atoms with Gasteiger partial charge in [-0.1, -0.05) is 0 Å². The number of aliphatic hydroxyl groups excluding tert-OH is 1. The summed E-state index contributed by atoms with van der Waals surface area (Å²) in [7, 11) is 0. The molecule has 2 unspecified atom stereocenters. The predicted molar refractivity (Wildman–Crippen MR) is 67.7 cm³/mol. The number of nitrogens with one attached hydrogen (secondary N) is 1. The lowest BCUT2D eigenvalue weighted by atomic mass is 9.98. The van der Waals surface area contributed by atoms with E-state index < -0.39 is 23.6 Å². The molecule has 7 heteroatoms. The number of aliphatic hydroxyl groups is 2. The molecule has 0 aliphatic carbocycles. The van der Waals surface area contributed by atoms with Gasteiger partial charge in [-0.25, -0.2) is 9.59 Å². The van der Waals surface area contributed by atoms with E-state index in [0.29, 0.717) is 32.4 Å². The first-order chi connectivity index (χ1) is 8.85. The summed E-state index contributed by atoms with van der Waals surface area (Å²) in [6, 6.07) is -1.54. The smallest absolute Gasteiger partial charge is 0.326 e. The van der Waals surface area contributed by atoms with Gasteiger partial charge in [0, 0.05) is 26.1 Å². The molecule has 4 N–H and O–H groups in total. The first-order valence-electron chi connectivity index (χ1n) is 6.47. The number of hydrogen-bond donors (Lipinski definition) is 4. The zero-order valence-corrected chi connectivity index (χ0v) is 11.1. The summed E-state index contributed by atoms with van der Waals surface area (Å²) in [6.07, 6.45) is 1.75. The molecular weight excluding hydrogens is 252 g/mol. The van der Waals surface area contributed by atoms with E-state index in [1.807, 2.05) is 0 Å². The topological polar surface area (TPSA) is 110 Å². The molecule has 0 bridgehead atoms. The lowest BCUT2D eigenvalue weighted by molar-refractivity contribution is -0.139. The fourth-order valence-electron chi connectivity index (χ4n) is 2.09. The molecule has 19 heavy (non-hydrogen) atoms. The SMILES string of the molecule is CC1(O)CCCN(C(=O)NC(CCO)C(=O)O)CC1. The number of carboxylic acid groups (broad SMARTS) is 1. The van der Waals surface area contributed by atoms with Gasteiger partial charge in [-0.15, -0.1) is 0 Å². The molecular formula is C12H22N2O5. The van der Waals surface area contributed by atoms with Crippen LogP contribution in [0, 0.1) is 0 Å². The van der Waals surface area contributed by atoms with Gasteiger partial charge >= 0.3 is 12.0 Å². The molecule has 0 aromatic rings. The van der Waals surface area contributed by atoms with Crippen LogP contribution in [0.25, 0.3) is 0 Å². The van der Waals surface area contributed by atoms with Gasteiger partial charge in [0.1, 0.15) is 6.04 Å². The highest BCUT2D eigenvalue weighted by Crippen LogP contribution is 2.21. The lowest BCUT2D eigenvalue weighted by Gasteiger charge is -2.24. The highest BCUT2D eigenvalue weighted by molar-refractivity contribution is 5.82. The Hall–Kier alpha value is -1.34. The molecule has 1 rings (SSSR count). The van der Waals surface area contributed by atoms with Crippen LogP contribution in [0.3, 0.4) is 0 Å². The lowest BCUT2D eigenvalue weighted by Crippen LogP contribution is -2.48. The Morgan fingerprint density at radius 2 is 2.05 bits per heavy atom. The average molecular weight is 274 g/mol. The summed E-state index contributed by atoms with van der Waals surface area (Å²) in [5.74, 6) is -1.16. The van der Waals surface area contributed by atoms with E-state index in [0.717, 1.165) is 0 Å². The number of likely N-dealkylation sites (tertiary alicyclic amines) is 1. The molecule has 2 amide bonds. The normalized spacial score (nSPS) is 25.5. The van der Waals surface area contributed by atoms with E-state index in [4.69, 9.17) is 10.2 Å². The van der Waals surface area contributed by atoms with Crippen LogP contribution in [0.1, 0.15) is 32.6 Å². The molecule has 1 heterocycles. The van der Waals surface area contributed by atoms with Crippen molar-refractivity contribution in [3.8, 4) is 0 Å². The molecule has 1 saturated heterocycles. The fraction of sp³-hybridized carbons (Fsp3) is 0.833. The van der Waals surface area contributed by atoms with Crippen LogP contribution < -0.4 is 5.32 Å². The van der Waals surface area contributed by atoms with Crippen molar-refractivity contribution < 1.29 is 24.9 Å². The Bertz CT molecular complexity index is 332. The monoisotopic (exact) mass is 274 g/mol. The van der Waals surface area contributed by atoms with Crippen molar-refractivity contribution in [2.75, 3.05) is 19.7 Å². The number of carbonyl (C=O) groups excluding carboxylic acids is 1. The molecule has 0 aromatic heterocycles. The third kappa shape index (κ3) is 5.04. The maximum absolute atomic E-state index is 11.9. The van der Waals surface area contributed by atoms with Gasteiger partial charge in [-0.05, 0) is 26.2 Å². The molecule has 2 atom stereocenters. The van der Waals surface area contributed by atoms with E-state index in [9.17, 15) is 14.7 Å². The van der Waals surface area contributed by atoms with Crippen molar-refractivity contribution in [2.45, 2.75) is 44.2 Å². The molecule has 0 aromatic carbocycles. The second-order valence-electron chi connectivity index (χ2n) is 5.19. The second kappa shape index (κ2) is 6.72. The summed E-state index contributed by atoms with van der Waals surface area (Å²) in [6.45, 7) is 2.32. The summed E-state index contributed by atoms with van der Waals surface area (Å²) in [4.78, 5) is 24.3. The van der Waals surface area contributed by atoms with Crippen LogP contribution in [0.5, 0.6) is 0 Å². The fourth-order valence-corrected chi connectivity index (χ4v) is 2.09. The van der Waals surface area contributed by atoms with Crippen molar-refractivity contribution in [3.63, 3.8) is 0 Å². The maximum atomic E-state index is 11.9. The highest BCUT2D eigenvalue weighted by Gasteiger charge is 2.28. The van der Waals surface area contributed by atoms with Crippen LogP contribution in [-0.2, 0) is 4.79 Å². The van der Waals surface area contributed by atoms with Gasteiger partial charge in [0.2, 0.25) is 0 Å².